The van der Waals surface area contributed by atoms with Crippen LogP contribution in [0.3, 0.4) is 0 Å². The van der Waals surface area contributed by atoms with E-state index in [2.05, 4.69) is 17.2 Å². The van der Waals surface area contributed by atoms with Crippen LogP contribution in [0.2, 0.25) is 0 Å². The van der Waals surface area contributed by atoms with E-state index in [1.54, 1.807) is 0 Å². The second-order valence-corrected chi connectivity index (χ2v) is 2.78. The molecular formula is C9H14N2O4. The van der Waals surface area contributed by atoms with Crippen molar-refractivity contribution in [1.82, 2.24) is 10.6 Å². The number of carboxylic acid groups (broad SMARTS) is 1. The van der Waals surface area contributed by atoms with Crippen molar-refractivity contribution in [3.8, 4) is 0 Å². The van der Waals surface area contributed by atoms with Crippen LogP contribution in [-0.2, 0) is 9.59 Å². The van der Waals surface area contributed by atoms with Gasteiger partial charge in [-0.1, -0.05) is 6.08 Å². The van der Waals surface area contributed by atoms with Gasteiger partial charge in [0.15, 0.2) is 5.78 Å². The van der Waals surface area contributed by atoms with Crippen molar-refractivity contribution in [1.29, 1.82) is 0 Å². The van der Waals surface area contributed by atoms with Gasteiger partial charge >= 0.3 is 12.0 Å². The highest BCUT2D eigenvalue weighted by Gasteiger charge is 2.06. The zero-order valence-electron chi connectivity index (χ0n) is 8.28. The molecule has 0 spiro atoms. The molecule has 0 rings (SSSR count). The van der Waals surface area contributed by atoms with Crippen molar-refractivity contribution >= 4 is 17.8 Å². The van der Waals surface area contributed by atoms with Gasteiger partial charge in [0, 0.05) is 13.0 Å². The van der Waals surface area contributed by atoms with Crippen molar-refractivity contribution in [2.45, 2.75) is 12.8 Å². The highest BCUT2D eigenvalue weighted by Crippen LogP contribution is 1.89. The number of aliphatic carboxylic acids is 1. The smallest absolute Gasteiger partial charge is 0.315 e. The van der Waals surface area contributed by atoms with Crippen molar-refractivity contribution in [3.63, 3.8) is 0 Å². The van der Waals surface area contributed by atoms with E-state index in [0.717, 1.165) is 0 Å². The van der Waals surface area contributed by atoms with Gasteiger partial charge in [-0.3, -0.25) is 9.59 Å². The zero-order chi connectivity index (χ0) is 11.7. The molecule has 0 fully saturated rings. The lowest BCUT2D eigenvalue weighted by atomic mass is 10.2. The number of carboxylic acids is 1. The van der Waals surface area contributed by atoms with Gasteiger partial charge in [-0.25, -0.2) is 4.79 Å². The Morgan fingerprint density at radius 3 is 2.40 bits per heavy atom. The maximum Gasteiger partial charge on any atom is 0.315 e. The fraction of sp³-hybridized carbons (Fsp3) is 0.444. The number of carbonyl (C=O) groups excluding carboxylic acids is 2. The van der Waals surface area contributed by atoms with Crippen LogP contribution in [0, 0.1) is 0 Å². The van der Waals surface area contributed by atoms with Crippen molar-refractivity contribution < 1.29 is 19.5 Å². The Labute approximate surface area is 87.3 Å². The van der Waals surface area contributed by atoms with Gasteiger partial charge in [-0.05, 0) is 0 Å². The maximum absolute atomic E-state index is 11.0. The first-order valence-corrected chi connectivity index (χ1v) is 4.42. The van der Waals surface area contributed by atoms with Crippen molar-refractivity contribution in [2.24, 2.45) is 0 Å². The van der Waals surface area contributed by atoms with Gasteiger partial charge in [-0.15, -0.1) is 6.58 Å². The van der Waals surface area contributed by atoms with Crippen LogP contribution in [0.1, 0.15) is 12.8 Å². The number of nitrogens with one attached hydrogen (secondary N) is 2. The Bertz CT molecular complexity index is 263. The van der Waals surface area contributed by atoms with E-state index < -0.39 is 12.0 Å². The third-order valence-electron chi connectivity index (χ3n) is 1.47. The molecule has 0 aliphatic carbocycles. The van der Waals surface area contributed by atoms with E-state index in [-0.39, 0.29) is 25.2 Å². The number of Topliss-reactive ketones (excluding diaryl/α,β-unsaturated/α-hetero) is 1. The summed E-state index contributed by atoms with van der Waals surface area (Å²) < 4.78 is 0. The van der Waals surface area contributed by atoms with E-state index in [0.29, 0.717) is 6.54 Å². The lowest BCUT2D eigenvalue weighted by Gasteiger charge is -2.04. The Kier molecular flexibility index (Phi) is 6.61. The summed E-state index contributed by atoms with van der Waals surface area (Å²) in [6.45, 7) is 3.56. The second-order valence-electron chi connectivity index (χ2n) is 2.78. The topological polar surface area (TPSA) is 95.5 Å². The number of hydrogen-bond donors (Lipinski definition) is 3. The van der Waals surface area contributed by atoms with Gasteiger partial charge < -0.3 is 15.7 Å². The average molecular weight is 214 g/mol. The van der Waals surface area contributed by atoms with Gasteiger partial charge in [0.25, 0.3) is 0 Å². The monoisotopic (exact) mass is 214 g/mol. The molecule has 6 heteroatoms. The molecule has 0 unspecified atom stereocenters. The molecule has 84 valence electrons. The molecule has 3 N–H and O–H groups in total. The van der Waals surface area contributed by atoms with E-state index in [4.69, 9.17) is 5.11 Å². The number of urea groups is 1. The Hall–Kier alpha value is -1.85. The van der Waals surface area contributed by atoms with E-state index in [1.165, 1.54) is 6.08 Å². The minimum Gasteiger partial charge on any atom is -0.481 e. The first-order chi connectivity index (χ1) is 7.06. The largest absolute Gasteiger partial charge is 0.481 e. The Balaban J connectivity index is 3.57. The predicted molar refractivity (Wildman–Crippen MR) is 53.5 cm³/mol. The van der Waals surface area contributed by atoms with E-state index in [9.17, 15) is 14.4 Å². The van der Waals surface area contributed by atoms with Gasteiger partial charge in [0.2, 0.25) is 0 Å². The van der Waals surface area contributed by atoms with Crippen LogP contribution in [0.5, 0.6) is 0 Å². The third-order valence-corrected chi connectivity index (χ3v) is 1.47. The summed E-state index contributed by atoms with van der Waals surface area (Å²) in [6, 6.07) is -0.474. The second kappa shape index (κ2) is 7.54. The third kappa shape index (κ3) is 8.48. The van der Waals surface area contributed by atoms with E-state index in [1.807, 2.05) is 0 Å². The quantitative estimate of drug-likeness (QED) is 0.516. The minimum absolute atomic E-state index is 0.0723. The van der Waals surface area contributed by atoms with Gasteiger partial charge in [0.05, 0.1) is 13.0 Å². The summed E-state index contributed by atoms with van der Waals surface area (Å²) in [5.74, 6) is -1.34. The molecule has 15 heavy (non-hydrogen) atoms. The molecular weight excluding hydrogens is 200 g/mol. The molecule has 0 heterocycles. The van der Waals surface area contributed by atoms with Gasteiger partial charge in [-0.2, -0.15) is 0 Å². The molecule has 2 amide bonds. The molecule has 0 aromatic rings. The first kappa shape index (κ1) is 13.2. The number of hydrogen-bond acceptors (Lipinski definition) is 3. The first-order valence-electron chi connectivity index (χ1n) is 4.42. The standard InChI is InChI=1S/C9H14N2O4/c1-2-5-10-9(15)11-6-7(12)3-4-8(13)14/h2H,1,3-6H2,(H,13,14)(H2,10,11,15). The number of carbonyl (C=O) groups is 3. The molecule has 0 atom stereocenters. The Morgan fingerprint density at radius 1 is 1.20 bits per heavy atom. The van der Waals surface area contributed by atoms with Crippen LogP contribution >= 0.6 is 0 Å². The zero-order valence-corrected chi connectivity index (χ0v) is 8.28. The van der Waals surface area contributed by atoms with Crippen LogP contribution < -0.4 is 10.6 Å². The average Bonchev–Trinajstić information content (AvgIpc) is 2.20. The Morgan fingerprint density at radius 2 is 1.87 bits per heavy atom. The SMILES string of the molecule is C=CCNC(=O)NCC(=O)CCC(=O)O. The van der Waals surface area contributed by atoms with Crippen molar-refractivity contribution in [2.75, 3.05) is 13.1 Å². The molecule has 0 aromatic heterocycles. The van der Waals surface area contributed by atoms with Crippen LogP contribution in [0.25, 0.3) is 0 Å². The highest BCUT2D eigenvalue weighted by molar-refractivity contribution is 5.87. The van der Waals surface area contributed by atoms with Crippen LogP contribution in [0.4, 0.5) is 4.79 Å². The summed E-state index contributed by atoms with van der Waals surface area (Å²) in [6.07, 6.45) is 1.22. The number of rotatable bonds is 7. The summed E-state index contributed by atoms with van der Waals surface area (Å²) in [7, 11) is 0. The molecule has 0 aromatic carbocycles. The molecule has 0 aliphatic rings. The lowest BCUT2D eigenvalue weighted by molar-refractivity contribution is -0.138. The molecule has 0 saturated carbocycles. The van der Waals surface area contributed by atoms with Crippen molar-refractivity contribution in [3.05, 3.63) is 12.7 Å². The van der Waals surface area contributed by atoms with Crippen LogP contribution in [0.15, 0.2) is 12.7 Å². The van der Waals surface area contributed by atoms with Crippen LogP contribution in [-0.4, -0.2) is 36.0 Å². The predicted octanol–water partition coefficient (Wildman–Crippen LogP) is -0.0945. The normalized spacial score (nSPS) is 9.07. The minimum atomic E-state index is -1.03. The van der Waals surface area contributed by atoms with Gasteiger partial charge in [0.1, 0.15) is 0 Å². The summed E-state index contributed by atoms with van der Waals surface area (Å²) in [5.41, 5.74) is 0. The lowest BCUT2D eigenvalue weighted by Crippen LogP contribution is -2.38. The fourth-order valence-corrected chi connectivity index (χ4v) is 0.741. The molecule has 0 bridgehead atoms. The molecule has 6 nitrogen and oxygen atoms in total. The fourth-order valence-electron chi connectivity index (χ4n) is 0.741. The van der Waals surface area contributed by atoms with E-state index >= 15 is 0 Å². The molecule has 0 saturated heterocycles. The number of ketones is 1. The summed E-state index contributed by atoms with van der Waals surface area (Å²) >= 11 is 0. The summed E-state index contributed by atoms with van der Waals surface area (Å²) in [4.78, 5) is 32.0. The molecule has 0 radical (unpaired) electrons. The highest BCUT2D eigenvalue weighted by atomic mass is 16.4. The summed E-state index contributed by atoms with van der Waals surface area (Å²) in [5, 5.41) is 13.0. The maximum atomic E-state index is 11.0. The molecule has 0 aliphatic heterocycles. The number of amides is 2.